The molecule has 0 aliphatic heterocycles. The number of nitrogens with zero attached hydrogens (tertiary/aromatic N) is 2. The first kappa shape index (κ1) is 21.8. The van der Waals surface area contributed by atoms with Gasteiger partial charge in [0.1, 0.15) is 0 Å². The van der Waals surface area contributed by atoms with Gasteiger partial charge in [0.15, 0.2) is 6.04 Å². The van der Waals surface area contributed by atoms with E-state index in [-0.39, 0.29) is 5.56 Å². The molecule has 2 aromatic carbocycles. The van der Waals surface area contributed by atoms with Gasteiger partial charge in [0.2, 0.25) is 0 Å². The summed E-state index contributed by atoms with van der Waals surface area (Å²) in [5, 5.41) is 15.5. The van der Waals surface area contributed by atoms with Crippen LogP contribution in [0.15, 0.2) is 58.7 Å². The maximum absolute atomic E-state index is 13.0. The van der Waals surface area contributed by atoms with E-state index >= 15 is 0 Å². The second kappa shape index (κ2) is 9.30. The Kier molecular flexibility index (Phi) is 6.77. The molecule has 0 aliphatic rings. The van der Waals surface area contributed by atoms with E-state index in [1.54, 1.807) is 23.9 Å². The number of allylic oxidation sites excluding steroid dienone is 1. The Morgan fingerprint density at radius 3 is 2.53 bits per heavy atom. The summed E-state index contributed by atoms with van der Waals surface area (Å²) in [6, 6.07) is 12.4. The largest absolute Gasteiger partial charge is 0.480 e. The maximum atomic E-state index is 13.0. The smallest absolute Gasteiger partial charge is 0.328 e. The number of carboxylic acids is 1. The number of thioether (sulfide) groups is 1. The van der Waals surface area contributed by atoms with Crippen LogP contribution in [0.5, 0.6) is 0 Å². The molecule has 0 spiro atoms. The molecule has 1 aromatic heterocycles. The van der Waals surface area contributed by atoms with Gasteiger partial charge < -0.3 is 5.11 Å². The highest BCUT2D eigenvalue weighted by Crippen LogP contribution is 2.31. The van der Waals surface area contributed by atoms with Gasteiger partial charge in [0.05, 0.1) is 11.1 Å². The number of fused-ring (bicyclic) bond motifs is 1. The summed E-state index contributed by atoms with van der Waals surface area (Å²) in [6.45, 7) is 8.25. The van der Waals surface area contributed by atoms with Crippen LogP contribution in [0.1, 0.15) is 42.6 Å². The number of carboxylic acid groups (broad SMARTS) is 1. The van der Waals surface area contributed by atoms with Gasteiger partial charge in [-0.1, -0.05) is 50.3 Å². The molecule has 0 saturated carbocycles. The maximum Gasteiger partial charge on any atom is 0.328 e. The average Bonchev–Trinajstić information content (AvgIpc) is 2.73. The zero-order valence-corrected chi connectivity index (χ0v) is 18.3. The third-order valence-electron chi connectivity index (χ3n) is 5.24. The molecule has 30 heavy (non-hydrogen) atoms. The summed E-state index contributed by atoms with van der Waals surface area (Å²) >= 11 is 1.66. The van der Waals surface area contributed by atoms with Crippen molar-refractivity contribution in [3.05, 3.63) is 76.2 Å². The van der Waals surface area contributed by atoms with Crippen molar-refractivity contribution in [3.8, 4) is 0 Å². The molecule has 0 amide bonds. The van der Waals surface area contributed by atoms with Crippen molar-refractivity contribution < 1.29 is 9.90 Å². The van der Waals surface area contributed by atoms with Crippen molar-refractivity contribution in [3.63, 3.8) is 0 Å². The van der Waals surface area contributed by atoms with Crippen LogP contribution in [0.25, 0.3) is 16.3 Å². The molecule has 1 N–H and O–H groups in total. The first-order valence-corrected chi connectivity index (χ1v) is 11.2. The molecule has 156 valence electrons. The molecule has 1 atom stereocenters. The second-order valence-corrected chi connectivity index (χ2v) is 8.17. The standard InChI is InChI=1S/C24H26N2O3S/c1-5-9-20(24(28)29)26-23(27)18-12-7-6-11-17(18)19(25-26)14-16(3)22-15(2)10-8-13-21(22)30-4/h6-8,10-13,20H,3,5,9,14H2,1-2,4H3,(H,28,29). The summed E-state index contributed by atoms with van der Waals surface area (Å²) < 4.78 is 1.14. The molecule has 0 bridgehead atoms. The molecule has 0 aliphatic carbocycles. The predicted molar refractivity (Wildman–Crippen MR) is 123 cm³/mol. The number of hydrogen-bond donors (Lipinski definition) is 1. The Morgan fingerprint density at radius 2 is 1.90 bits per heavy atom. The number of hydrogen-bond acceptors (Lipinski definition) is 4. The Hall–Kier alpha value is -2.86. The SMILES string of the molecule is C=C(Cc1nn(C(CCC)C(=O)O)c(=O)c2ccccc12)c1c(C)cccc1SC. The van der Waals surface area contributed by atoms with E-state index in [1.165, 1.54) is 0 Å². The van der Waals surface area contributed by atoms with Gasteiger partial charge in [0, 0.05) is 16.7 Å². The minimum atomic E-state index is -1.05. The van der Waals surface area contributed by atoms with Gasteiger partial charge in [-0.05, 0) is 48.4 Å². The molecular formula is C24H26N2O3S. The first-order valence-electron chi connectivity index (χ1n) is 9.94. The van der Waals surface area contributed by atoms with Crippen LogP contribution in [-0.2, 0) is 11.2 Å². The normalized spacial score (nSPS) is 12.1. The fourth-order valence-electron chi connectivity index (χ4n) is 3.79. The van der Waals surface area contributed by atoms with Crippen molar-refractivity contribution in [2.75, 3.05) is 6.26 Å². The number of benzene rings is 2. The van der Waals surface area contributed by atoms with E-state index < -0.39 is 12.0 Å². The minimum Gasteiger partial charge on any atom is -0.480 e. The van der Waals surface area contributed by atoms with Crippen LogP contribution in [0.2, 0.25) is 0 Å². The average molecular weight is 423 g/mol. The Bertz CT molecular complexity index is 1170. The third kappa shape index (κ3) is 4.19. The molecule has 6 heteroatoms. The van der Waals surface area contributed by atoms with Crippen molar-refractivity contribution >= 4 is 34.1 Å². The van der Waals surface area contributed by atoms with Crippen LogP contribution in [0.3, 0.4) is 0 Å². The molecule has 3 aromatic rings. The fourth-order valence-corrected chi connectivity index (χ4v) is 4.52. The minimum absolute atomic E-state index is 0.343. The predicted octanol–water partition coefficient (Wildman–Crippen LogP) is 5.11. The molecule has 1 unspecified atom stereocenters. The van der Waals surface area contributed by atoms with E-state index in [0.29, 0.717) is 30.3 Å². The third-order valence-corrected chi connectivity index (χ3v) is 6.02. The molecule has 5 nitrogen and oxygen atoms in total. The number of rotatable bonds is 8. The summed E-state index contributed by atoms with van der Waals surface area (Å²) in [5.74, 6) is -1.05. The number of aryl methyl sites for hydroxylation is 1. The van der Waals surface area contributed by atoms with Crippen LogP contribution in [-0.4, -0.2) is 27.1 Å². The zero-order valence-electron chi connectivity index (χ0n) is 17.5. The number of carbonyl (C=O) groups is 1. The van der Waals surface area contributed by atoms with Crippen molar-refractivity contribution in [2.24, 2.45) is 0 Å². The molecule has 1 heterocycles. The topological polar surface area (TPSA) is 72.2 Å². The lowest BCUT2D eigenvalue weighted by Gasteiger charge is -2.18. The highest BCUT2D eigenvalue weighted by Gasteiger charge is 2.24. The van der Waals surface area contributed by atoms with E-state index in [0.717, 1.165) is 31.7 Å². The van der Waals surface area contributed by atoms with Gasteiger partial charge in [-0.25, -0.2) is 9.48 Å². The lowest BCUT2D eigenvalue weighted by molar-refractivity contribution is -0.141. The number of aromatic nitrogens is 2. The lowest BCUT2D eigenvalue weighted by Crippen LogP contribution is -2.33. The molecule has 0 fully saturated rings. The van der Waals surface area contributed by atoms with Crippen LogP contribution >= 0.6 is 11.8 Å². The van der Waals surface area contributed by atoms with Crippen LogP contribution in [0.4, 0.5) is 0 Å². The molecular weight excluding hydrogens is 396 g/mol. The van der Waals surface area contributed by atoms with Gasteiger partial charge in [0.25, 0.3) is 5.56 Å². The van der Waals surface area contributed by atoms with Gasteiger partial charge in [-0.15, -0.1) is 11.8 Å². The number of aliphatic carboxylic acids is 1. The van der Waals surface area contributed by atoms with Crippen molar-refractivity contribution in [2.45, 2.75) is 44.0 Å². The summed E-state index contributed by atoms with van der Waals surface area (Å²) in [6.07, 6.45) is 3.44. The van der Waals surface area contributed by atoms with Gasteiger partial charge in [-0.3, -0.25) is 4.79 Å². The molecule has 3 rings (SSSR count). The van der Waals surface area contributed by atoms with E-state index in [2.05, 4.69) is 17.7 Å². The van der Waals surface area contributed by atoms with E-state index in [1.807, 2.05) is 44.4 Å². The quantitative estimate of drug-likeness (QED) is 0.511. The molecule has 0 radical (unpaired) electrons. The van der Waals surface area contributed by atoms with Crippen LogP contribution in [0, 0.1) is 6.92 Å². The Morgan fingerprint density at radius 1 is 1.20 bits per heavy atom. The highest BCUT2D eigenvalue weighted by molar-refractivity contribution is 7.98. The van der Waals surface area contributed by atoms with E-state index in [9.17, 15) is 14.7 Å². The van der Waals surface area contributed by atoms with Crippen molar-refractivity contribution in [1.82, 2.24) is 9.78 Å². The zero-order chi connectivity index (χ0) is 21.8. The first-order chi connectivity index (χ1) is 14.4. The lowest BCUT2D eigenvalue weighted by atomic mass is 9.96. The monoisotopic (exact) mass is 422 g/mol. The van der Waals surface area contributed by atoms with E-state index in [4.69, 9.17) is 0 Å². The summed E-state index contributed by atoms with van der Waals surface area (Å²) in [7, 11) is 0. The van der Waals surface area contributed by atoms with Crippen LogP contribution < -0.4 is 5.56 Å². The van der Waals surface area contributed by atoms with Crippen molar-refractivity contribution in [1.29, 1.82) is 0 Å². The Balaban J connectivity index is 2.17. The second-order valence-electron chi connectivity index (χ2n) is 7.32. The Labute approximate surface area is 180 Å². The summed E-state index contributed by atoms with van der Waals surface area (Å²) in [4.78, 5) is 26.0. The van der Waals surface area contributed by atoms with Gasteiger partial charge >= 0.3 is 5.97 Å². The van der Waals surface area contributed by atoms with Gasteiger partial charge in [-0.2, -0.15) is 5.10 Å². The summed E-state index contributed by atoms with van der Waals surface area (Å²) in [5.41, 5.74) is 3.38. The fraction of sp³-hybridized carbons (Fsp3) is 0.292. The molecule has 0 saturated heterocycles. The highest BCUT2D eigenvalue weighted by atomic mass is 32.2.